The predicted octanol–water partition coefficient (Wildman–Crippen LogP) is 2.64. The van der Waals surface area contributed by atoms with Gasteiger partial charge in [0.15, 0.2) is 0 Å². The number of aromatic carboxylic acids is 1. The third kappa shape index (κ3) is 3.09. The van der Waals surface area contributed by atoms with E-state index in [4.69, 9.17) is 9.84 Å². The Hall–Kier alpha value is -2.48. The Morgan fingerprint density at radius 1 is 1.55 bits per heavy atom. The van der Waals surface area contributed by atoms with Gasteiger partial charge in [0.1, 0.15) is 17.9 Å². The van der Waals surface area contributed by atoms with E-state index < -0.39 is 10.9 Å². The standard InChI is InChI=1S/C12H10N2O5S/c1-7-13-5-9(20-7)6-19-11-3-2-8(14(17)18)4-10(11)12(15)16/h2-5H,6H2,1H3,(H,15,16). The summed E-state index contributed by atoms with van der Waals surface area (Å²) < 4.78 is 5.40. The summed E-state index contributed by atoms with van der Waals surface area (Å²) in [6.07, 6.45) is 1.64. The van der Waals surface area contributed by atoms with Crippen LogP contribution in [0.2, 0.25) is 0 Å². The molecule has 0 aliphatic heterocycles. The van der Waals surface area contributed by atoms with Gasteiger partial charge in [0.2, 0.25) is 0 Å². The molecule has 7 nitrogen and oxygen atoms in total. The van der Waals surface area contributed by atoms with Crippen LogP contribution in [-0.4, -0.2) is 21.0 Å². The van der Waals surface area contributed by atoms with E-state index in [1.165, 1.54) is 23.5 Å². The normalized spacial score (nSPS) is 10.2. The Morgan fingerprint density at radius 2 is 2.30 bits per heavy atom. The van der Waals surface area contributed by atoms with Crippen molar-refractivity contribution in [2.24, 2.45) is 0 Å². The molecular formula is C12H10N2O5S. The van der Waals surface area contributed by atoms with E-state index in [0.717, 1.165) is 16.0 Å². The van der Waals surface area contributed by atoms with Crippen molar-refractivity contribution in [1.29, 1.82) is 0 Å². The first-order chi connectivity index (χ1) is 9.47. The van der Waals surface area contributed by atoms with E-state index in [1.54, 1.807) is 6.20 Å². The van der Waals surface area contributed by atoms with Crippen LogP contribution >= 0.6 is 11.3 Å². The molecule has 2 aromatic rings. The topological polar surface area (TPSA) is 103 Å². The second-order valence-corrected chi connectivity index (χ2v) is 5.20. The van der Waals surface area contributed by atoms with Gasteiger partial charge in [0, 0.05) is 18.3 Å². The van der Waals surface area contributed by atoms with Gasteiger partial charge < -0.3 is 9.84 Å². The van der Waals surface area contributed by atoms with Crippen LogP contribution in [0.15, 0.2) is 24.4 Å². The Bertz CT molecular complexity index is 668. The van der Waals surface area contributed by atoms with Crippen LogP contribution in [0.3, 0.4) is 0 Å². The third-order valence-electron chi connectivity index (χ3n) is 2.44. The number of nitrogens with zero attached hydrogens (tertiary/aromatic N) is 2. The van der Waals surface area contributed by atoms with E-state index in [-0.39, 0.29) is 23.6 Å². The highest BCUT2D eigenvalue weighted by atomic mass is 32.1. The van der Waals surface area contributed by atoms with Gasteiger partial charge in [-0.15, -0.1) is 11.3 Å². The number of ether oxygens (including phenoxy) is 1. The fraction of sp³-hybridized carbons (Fsp3) is 0.167. The molecule has 2 rings (SSSR count). The van der Waals surface area contributed by atoms with Crippen LogP contribution in [0.4, 0.5) is 5.69 Å². The van der Waals surface area contributed by atoms with E-state index >= 15 is 0 Å². The lowest BCUT2D eigenvalue weighted by molar-refractivity contribution is -0.384. The lowest BCUT2D eigenvalue weighted by Gasteiger charge is -2.07. The number of carboxylic acids is 1. The SMILES string of the molecule is Cc1ncc(COc2ccc([N+](=O)[O-])cc2C(=O)O)s1. The number of benzene rings is 1. The molecule has 0 aliphatic carbocycles. The molecule has 0 radical (unpaired) electrons. The van der Waals surface area contributed by atoms with Crippen molar-refractivity contribution < 1.29 is 19.6 Å². The molecule has 0 unspecified atom stereocenters. The van der Waals surface area contributed by atoms with Crippen molar-refractivity contribution in [2.45, 2.75) is 13.5 Å². The number of thiazole rings is 1. The molecule has 1 aromatic heterocycles. The molecule has 1 heterocycles. The molecule has 1 N–H and O–H groups in total. The average molecular weight is 294 g/mol. The fourth-order valence-electron chi connectivity index (χ4n) is 1.55. The maximum Gasteiger partial charge on any atom is 0.339 e. The van der Waals surface area contributed by atoms with Crippen molar-refractivity contribution in [2.75, 3.05) is 0 Å². The quantitative estimate of drug-likeness (QED) is 0.671. The fourth-order valence-corrected chi connectivity index (χ4v) is 2.25. The first-order valence-corrected chi connectivity index (χ1v) is 6.35. The summed E-state index contributed by atoms with van der Waals surface area (Å²) in [6, 6.07) is 3.48. The number of carboxylic acid groups (broad SMARTS) is 1. The summed E-state index contributed by atoms with van der Waals surface area (Å²) in [7, 11) is 0. The zero-order valence-corrected chi connectivity index (χ0v) is 11.2. The van der Waals surface area contributed by atoms with Crippen molar-refractivity contribution in [3.05, 3.63) is 50.0 Å². The molecule has 104 valence electrons. The molecule has 0 amide bonds. The second-order valence-electron chi connectivity index (χ2n) is 3.88. The van der Waals surface area contributed by atoms with Gasteiger partial charge in [-0.2, -0.15) is 0 Å². The number of hydrogen-bond donors (Lipinski definition) is 1. The number of non-ortho nitro benzene ring substituents is 1. The maximum atomic E-state index is 11.1. The van der Waals surface area contributed by atoms with Crippen molar-refractivity contribution in [3.63, 3.8) is 0 Å². The number of aryl methyl sites for hydroxylation is 1. The number of nitro groups is 1. The lowest BCUT2D eigenvalue weighted by Crippen LogP contribution is -2.04. The summed E-state index contributed by atoms with van der Waals surface area (Å²) in [5, 5.41) is 20.6. The minimum atomic E-state index is -1.27. The molecule has 0 fully saturated rings. The minimum Gasteiger partial charge on any atom is -0.487 e. The summed E-state index contributed by atoms with van der Waals surface area (Å²) in [5.41, 5.74) is -0.524. The van der Waals surface area contributed by atoms with Crippen LogP contribution < -0.4 is 4.74 Å². The molecule has 0 aliphatic rings. The van der Waals surface area contributed by atoms with E-state index in [1.807, 2.05) is 6.92 Å². The average Bonchev–Trinajstić information content (AvgIpc) is 2.81. The first-order valence-electron chi connectivity index (χ1n) is 5.53. The highest BCUT2D eigenvalue weighted by molar-refractivity contribution is 7.11. The summed E-state index contributed by atoms with van der Waals surface area (Å²) in [4.78, 5) is 26.0. The largest absolute Gasteiger partial charge is 0.487 e. The van der Waals surface area contributed by atoms with Gasteiger partial charge >= 0.3 is 5.97 Å². The second kappa shape index (κ2) is 5.66. The summed E-state index contributed by atoms with van der Waals surface area (Å²) in [5.74, 6) is -1.18. The molecule has 8 heteroatoms. The summed E-state index contributed by atoms with van der Waals surface area (Å²) in [6.45, 7) is 2.02. The Morgan fingerprint density at radius 3 is 2.85 bits per heavy atom. The first kappa shape index (κ1) is 13.9. The Kier molecular flexibility index (Phi) is 3.94. The maximum absolute atomic E-state index is 11.1. The van der Waals surface area contributed by atoms with Gasteiger partial charge in [-0.1, -0.05) is 0 Å². The van der Waals surface area contributed by atoms with Crippen LogP contribution in [-0.2, 0) is 6.61 Å². The molecule has 0 atom stereocenters. The third-order valence-corrected chi connectivity index (χ3v) is 3.33. The zero-order chi connectivity index (χ0) is 14.7. The van der Waals surface area contributed by atoms with Gasteiger partial charge in [-0.25, -0.2) is 9.78 Å². The number of carbonyl (C=O) groups is 1. The molecule has 1 aromatic carbocycles. The Labute approximate surface area is 117 Å². The highest BCUT2D eigenvalue weighted by Gasteiger charge is 2.17. The molecule has 0 bridgehead atoms. The number of rotatable bonds is 5. The molecule has 20 heavy (non-hydrogen) atoms. The predicted molar refractivity (Wildman–Crippen MR) is 71.2 cm³/mol. The minimum absolute atomic E-state index is 0.0918. The molecular weight excluding hydrogens is 284 g/mol. The van der Waals surface area contributed by atoms with Gasteiger partial charge in [-0.05, 0) is 13.0 Å². The van der Waals surface area contributed by atoms with Crippen molar-refractivity contribution >= 4 is 23.0 Å². The smallest absolute Gasteiger partial charge is 0.339 e. The van der Waals surface area contributed by atoms with Crippen LogP contribution in [0.25, 0.3) is 0 Å². The molecule has 0 saturated heterocycles. The van der Waals surface area contributed by atoms with Crippen molar-refractivity contribution in [1.82, 2.24) is 4.98 Å². The monoisotopic (exact) mass is 294 g/mol. The van der Waals surface area contributed by atoms with Crippen LogP contribution in [0, 0.1) is 17.0 Å². The highest BCUT2D eigenvalue weighted by Crippen LogP contribution is 2.25. The Balaban J connectivity index is 2.22. The molecule has 0 saturated carbocycles. The van der Waals surface area contributed by atoms with E-state index in [0.29, 0.717) is 0 Å². The van der Waals surface area contributed by atoms with Gasteiger partial charge in [0.25, 0.3) is 5.69 Å². The van der Waals surface area contributed by atoms with Crippen molar-refractivity contribution in [3.8, 4) is 5.75 Å². The van der Waals surface area contributed by atoms with E-state index in [2.05, 4.69) is 4.98 Å². The van der Waals surface area contributed by atoms with Crippen LogP contribution in [0.5, 0.6) is 5.75 Å². The van der Waals surface area contributed by atoms with Gasteiger partial charge in [0.05, 0.1) is 14.8 Å². The zero-order valence-electron chi connectivity index (χ0n) is 10.4. The molecule has 0 spiro atoms. The van der Waals surface area contributed by atoms with Crippen LogP contribution in [0.1, 0.15) is 20.2 Å². The summed E-state index contributed by atoms with van der Waals surface area (Å²) >= 11 is 1.44. The van der Waals surface area contributed by atoms with Gasteiger partial charge in [-0.3, -0.25) is 10.1 Å². The number of nitro benzene ring substituents is 1. The number of aromatic nitrogens is 1. The number of hydrogen-bond acceptors (Lipinski definition) is 6. The van der Waals surface area contributed by atoms with E-state index in [9.17, 15) is 14.9 Å². The lowest BCUT2D eigenvalue weighted by atomic mass is 10.2.